The Morgan fingerprint density at radius 2 is 2.30 bits per heavy atom. The lowest BCUT2D eigenvalue weighted by Gasteiger charge is -2.13. The van der Waals surface area contributed by atoms with Crippen molar-refractivity contribution in [3.8, 4) is 0 Å². The fourth-order valence-corrected chi connectivity index (χ4v) is 4.93. The van der Waals surface area contributed by atoms with Crippen LogP contribution in [0.5, 0.6) is 0 Å². The summed E-state index contributed by atoms with van der Waals surface area (Å²) in [5.74, 6) is 1.12. The quantitative estimate of drug-likeness (QED) is 0.806. The van der Waals surface area contributed by atoms with E-state index in [1.165, 1.54) is 6.42 Å². The summed E-state index contributed by atoms with van der Waals surface area (Å²) in [6.07, 6.45) is 2.24. The van der Waals surface area contributed by atoms with E-state index >= 15 is 0 Å². The van der Waals surface area contributed by atoms with E-state index in [0.29, 0.717) is 27.8 Å². The van der Waals surface area contributed by atoms with Crippen molar-refractivity contribution >= 4 is 39.0 Å². The summed E-state index contributed by atoms with van der Waals surface area (Å²) < 4.78 is 27.3. The van der Waals surface area contributed by atoms with E-state index in [-0.39, 0.29) is 4.99 Å². The number of thiocarbonyl (C=S) groups is 1. The van der Waals surface area contributed by atoms with Crippen LogP contribution in [0, 0.1) is 6.92 Å². The van der Waals surface area contributed by atoms with Gasteiger partial charge < -0.3 is 5.73 Å². The highest BCUT2D eigenvalue weighted by atomic mass is 32.2. The molecule has 0 radical (unpaired) electrons. The van der Waals surface area contributed by atoms with Crippen molar-refractivity contribution in [3.05, 3.63) is 29.3 Å². The van der Waals surface area contributed by atoms with Gasteiger partial charge in [0.1, 0.15) is 4.99 Å². The molecule has 0 saturated carbocycles. The molecule has 0 amide bonds. The number of nitrogens with two attached hydrogens (primary N) is 1. The van der Waals surface area contributed by atoms with Crippen LogP contribution in [0.3, 0.4) is 0 Å². The second-order valence-corrected chi connectivity index (χ2v) is 8.41. The second kappa shape index (κ2) is 6.43. The van der Waals surface area contributed by atoms with Gasteiger partial charge in [0.15, 0.2) is 0 Å². The Morgan fingerprint density at radius 3 is 2.85 bits per heavy atom. The Labute approximate surface area is 129 Å². The first-order chi connectivity index (χ1) is 9.40. The third kappa shape index (κ3) is 3.72. The van der Waals surface area contributed by atoms with Gasteiger partial charge in [0, 0.05) is 17.4 Å². The van der Waals surface area contributed by atoms with Gasteiger partial charge in [-0.1, -0.05) is 18.3 Å². The predicted molar refractivity (Wildman–Crippen MR) is 87.7 cm³/mol. The summed E-state index contributed by atoms with van der Waals surface area (Å²) in [6, 6.07) is 4.92. The van der Waals surface area contributed by atoms with Gasteiger partial charge in [0.2, 0.25) is 10.0 Å². The maximum atomic E-state index is 12.3. The van der Waals surface area contributed by atoms with Crippen LogP contribution in [0.1, 0.15) is 24.0 Å². The molecule has 1 fully saturated rings. The summed E-state index contributed by atoms with van der Waals surface area (Å²) in [5.41, 5.74) is 6.88. The third-order valence-corrected chi connectivity index (χ3v) is 6.49. The molecule has 1 aromatic rings. The third-order valence-electron chi connectivity index (χ3n) is 3.27. The molecular weight excluding hydrogens is 312 g/mol. The van der Waals surface area contributed by atoms with Gasteiger partial charge in [-0.15, -0.1) is 0 Å². The average Bonchev–Trinajstić information content (AvgIpc) is 2.89. The number of hydrogen-bond acceptors (Lipinski definition) is 4. The monoisotopic (exact) mass is 330 g/mol. The fraction of sp³-hybridized carbons (Fsp3) is 0.462. The van der Waals surface area contributed by atoms with E-state index in [2.05, 4.69) is 4.72 Å². The van der Waals surface area contributed by atoms with Crippen molar-refractivity contribution < 1.29 is 8.42 Å². The minimum Gasteiger partial charge on any atom is -0.389 e. The molecule has 0 bridgehead atoms. The van der Waals surface area contributed by atoms with Crippen molar-refractivity contribution in [2.45, 2.75) is 29.9 Å². The van der Waals surface area contributed by atoms with Crippen LogP contribution in [0.2, 0.25) is 0 Å². The lowest BCUT2D eigenvalue weighted by Crippen LogP contribution is -2.30. The van der Waals surface area contributed by atoms with Crippen LogP contribution < -0.4 is 10.5 Å². The van der Waals surface area contributed by atoms with E-state index in [1.54, 1.807) is 25.1 Å². The first-order valence-corrected chi connectivity index (χ1v) is 9.36. The first kappa shape index (κ1) is 15.8. The molecule has 1 aliphatic heterocycles. The van der Waals surface area contributed by atoms with Gasteiger partial charge in [-0.3, -0.25) is 0 Å². The van der Waals surface area contributed by atoms with Gasteiger partial charge in [-0.05, 0) is 43.2 Å². The zero-order valence-corrected chi connectivity index (χ0v) is 13.7. The van der Waals surface area contributed by atoms with Crippen LogP contribution in [-0.2, 0) is 10.0 Å². The Morgan fingerprint density at radius 1 is 1.55 bits per heavy atom. The van der Waals surface area contributed by atoms with Crippen LogP contribution in [0.4, 0.5) is 0 Å². The number of rotatable bonds is 5. The molecule has 1 atom stereocenters. The van der Waals surface area contributed by atoms with Crippen molar-refractivity contribution in [3.63, 3.8) is 0 Å². The van der Waals surface area contributed by atoms with Crippen LogP contribution in [0.25, 0.3) is 0 Å². The lowest BCUT2D eigenvalue weighted by atomic mass is 10.1. The van der Waals surface area contributed by atoms with Crippen molar-refractivity contribution in [2.24, 2.45) is 5.73 Å². The molecule has 7 heteroatoms. The minimum atomic E-state index is -3.47. The van der Waals surface area contributed by atoms with E-state index in [4.69, 9.17) is 18.0 Å². The topological polar surface area (TPSA) is 72.2 Å². The first-order valence-electron chi connectivity index (χ1n) is 6.42. The minimum absolute atomic E-state index is 0.271. The molecule has 20 heavy (non-hydrogen) atoms. The molecule has 4 nitrogen and oxygen atoms in total. The normalized spacial score (nSPS) is 19.1. The Bertz CT molecular complexity index is 608. The van der Waals surface area contributed by atoms with Crippen LogP contribution in [0.15, 0.2) is 23.1 Å². The molecule has 3 N–H and O–H groups in total. The number of nitrogens with one attached hydrogen (secondary N) is 1. The highest BCUT2D eigenvalue weighted by molar-refractivity contribution is 8.00. The Kier molecular flexibility index (Phi) is 5.06. The van der Waals surface area contributed by atoms with Crippen LogP contribution >= 0.6 is 24.0 Å². The molecule has 1 heterocycles. The summed E-state index contributed by atoms with van der Waals surface area (Å²) in [5, 5.41) is 0.390. The SMILES string of the molecule is Cc1cc(C(N)=S)ccc1S(=O)(=O)NCC1CCCS1. The van der Waals surface area contributed by atoms with Crippen LogP contribution in [-0.4, -0.2) is 31.0 Å². The Hall–Kier alpha value is -0.630. The molecule has 1 aromatic carbocycles. The smallest absolute Gasteiger partial charge is 0.240 e. The van der Waals surface area contributed by atoms with E-state index in [0.717, 1.165) is 12.2 Å². The molecule has 0 aliphatic carbocycles. The number of aryl methyl sites for hydroxylation is 1. The van der Waals surface area contributed by atoms with Gasteiger partial charge in [0.25, 0.3) is 0 Å². The largest absolute Gasteiger partial charge is 0.389 e. The fourth-order valence-electron chi connectivity index (χ4n) is 2.19. The van der Waals surface area contributed by atoms with E-state index < -0.39 is 10.0 Å². The van der Waals surface area contributed by atoms with Gasteiger partial charge in [0.05, 0.1) is 4.90 Å². The number of benzene rings is 1. The standard InChI is InChI=1S/C13H18N2O2S3/c1-9-7-10(13(14)18)4-5-12(9)20(16,17)15-8-11-3-2-6-19-11/h4-5,7,11,15H,2-3,6,8H2,1H3,(H2,14,18). The molecule has 1 aliphatic rings. The maximum Gasteiger partial charge on any atom is 0.240 e. The van der Waals surface area contributed by atoms with Crippen molar-refractivity contribution in [1.29, 1.82) is 0 Å². The Balaban J connectivity index is 2.14. The predicted octanol–water partition coefficient (Wildman–Crippen LogP) is 1.80. The molecule has 2 rings (SSSR count). The number of thioether (sulfide) groups is 1. The van der Waals surface area contributed by atoms with E-state index in [9.17, 15) is 8.42 Å². The van der Waals surface area contributed by atoms with Gasteiger partial charge in [-0.25, -0.2) is 13.1 Å². The highest BCUT2D eigenvalue weighted by Gasteiger charge is 2.21. The maximum absolute atomic E-state index is 12.3. The summed E-state index contributed by atoms with van der Waals surface area (Å²) in [6.45, 7) is 2.24. The summed E-state index contributed by atoms with van der Waals surface area (Å²) in [4.78, 5) is 0.563. The molecular formula is C13H18N2O2S3. The molecule has 0 aromatic heterocycles. The average molecular weight is 331 g/mol. The van der Waals surface area contributed by atoms with Gasteiger partial charge in [-0.2, -0.15) is 11.8 Å². The summed E-state index contributed by atoms with van der Waals surface area (Å²) >= 11 is 6.72. The zero-order chi connectivity index (χ0) is 14.8. The number of sulfonamides is 1. The molecule has 1 unspecified atom stereocenters. The van der Waals surface area contributed by atoms with Crippen molar-refractivity contribution in [1.82, 2.24) is 4.72 Å². The number of hydrogen-bond donors (Lipinski definition) is 2. The molecule has 110 valence electrons. The molecule has 1 saturated heterocycles. The highest BCUT2D eigenvalue weighted by Crippen LogP contribution is 2.26. The zero-order valence-electron chi connectivity index (χ0n) is 11.3. The van der Waals surface area contributed by atoms with Crippen molar-refractivity contribution in [2.75, 3.05) is 12.3 Å². The second-order valence-electron chi connectivity index (χ2n) is 4.83. The molecule has 0 spiro atoms. The van der Waals surface area contributed by atoms with E-state index in [1.807, 2.05) is 11.8 Å². The van der Waals surface area contributed by atoms with Gasteiger partial charge >= 0.3 is 0 Å². The lowest BCUT2D eigenvalue weighted by molar-refractivity contribution is 0.578. The summed E-state index contributed by atoms with van der Waals surface area (Å²) in [7, 11) is -3.47.